The van der Waals surface area contributed by atoms with Gasteiger partial charge in [-0.25, -0.2) is 9.67 Å². The zero-order valence-electron chi connectivity index (χ0n) is 18.9. The number of carbonyl (C=O) groups is 2. The Bertz CT molecular complexity index is 1270. The topological polar surface area (TPSA) is 93.3 Å². The first-order valence-corrected chi connectivity index (χ1v) is 11.7. The van der Waals surface area contributed by atoms with Gasteiger partial charge in [0, 0.05) is 31.6 Å². The Morgan fingerprint density at radius 1 is 1.03 bits per heavy atom. The van der Waals surface area contributed by atoms with Crippen LogP contribution in [-0.4, -0.2) is 51.1 Å². The fourth-order valence-electron chi connectivity index (χ4n) is 4.34. The SMILES string of the molecule is O=C(NCCC(=O)N1CCCCC1)c1cc(-c2ccccc2)nc2c1cnn2Cc1ccco1. The van der Waals surface area contributed by atoms with Crippen LogP contribution < -0.4 is 5.32 Å². The number of hydrogen-bond acceptors (Lipinski definition) is 5. The zero-order chi connectivity index (χ0) is 23.3. The van der Waals surface area contributed by atoms with Crippen LogP contribution in [0.15, 0.2) is 65.4 Å². The monoisotopic (exact) mass is 457 g/mol. The second-order valence-corrected chi connectivity index (χ2v) is 8.49. The van der Waals surface area contributed by atoms with Crippen molar-refractivity contribution in [2.24, 2.45) is 0 Å². The van der Waals surface area contributed by atoms with Gasteiger partial charge in [0.15, 0.2) is 5.65 Å². The predicted octanol–water partition coefficient (Wildman–Crippen LogP) is 3.87. The number of carbonyl (C=O) groups excluding carboxylic acids is 2. The first-order chi connectivity index (χ1) is 16.7. The predicted molar refractivity (Wildman–Crippen MR) is 128 cm³/mol. The van der Waals surface area contributed by atoms with Crippen molar-refractivity contribution in [2.45, 2.75) is 32.2 Å². The molecule has 1 aliphatic heterocycles. The molecule has 174 valence electrons. The summed E-state index contributed by atoms with van der Waals surface area (Å²) in [5.41, 5.74) is 2.68. The van der Waals surface area contributed by atoms with Gasteiger partial charge in [-0.3, -0.25) is 9.59 Å². The number of amides is 2. The van der Waals surface area contributed by atoms with E-state index in [0.29, 0.717) is 41.8 Å². The molecule has 3 aromatic heterocycles. The largest absolute Gasteiger partial charge is 0.467 e. The smallest absolute Gasteiger partial charge is 0.252 e. The Labute approximate surface area is 197 Å². The minimum absolute atomic E-state index is 0.0936. The number of nitrogens with zero attached hydrogens (tertiary/aromatic N) is 4. The lowest BCUT2D eigenvalue weighted by molar-refractivity contribution is -0.131. The van der Waals surface area contributed by atoms with E-state index in [2.05, 4.69) is 10.4 Å². The van der Waals surface area contributed by atoms with Crippen molar-refractivity contribution in [3.63, 3.8) is 0 Å². The molecule has 1 fully saturated rings. The number of piperidine rings is 1. The van der Waals surface area contributed by atoms with E-state index in [9.17, 15) is 9.59 Å². The van der Waals surface area contributed by atoms with Gasteiger partial charge in [-0.05, 0) is 37.5 Å². The number of benzene rings is 1. The van der Waals surface area contributed by atoms with Gasteiger partial charge in [0.25, 0.3) is 5.91 Å². The van der Waals surface area contributed by atoms with Crippen LogP contribution in [0.2, 0.25) is 0 Å². The highest BCUT2D eigenvalue weighted by atomic mass is 16.3. The number of nitrogens with one attached hydrogen (secondary N) is 1. The summed E-state index contributed by atoms with van der Waals surface area (Å²) in [4.78, 5) is 32.4. The summed E-state index contributed by atoms with van der Waals surface area (Å²) in [5, 5.41) is 8.05. The minimum Gasteiger partial charge on any atom is -0.467 e. The maximum absolute atomic E-state index is 13.2. The summed E-state index contributed by atoms with van der Waals surface area (Å²) in [6, 6.07) is 15.2. The van der Waals surface area contributed by atoms with Gasteiger partial charge < -0.3 is 14.6 Å². The lowest BCUT2D eigenvalue weighted by atomic mass is 10.1. The Balaban J connectivity index is 1.40. The summed E-state index contributed by atoms with van der Waals surface area (Å²) < 4.78 is 7.20. The van der Waals surface area contributed by atoms with E-state index in [1.54, 1.807) is 23.2 Å². The summed E-state index contributed by atoms with van der Waals surface area (Å²) in [6.45, 7) is 2.33. The van der Waals surface area contributed by atoms with Crippen LogP contribution in [0.5, 0.6) is 0 Å². The van der Waals surface area contributed by atoms with Crippen LogP contribution in [0.1, 0.15) is 41.8 Å². The molecule has 0 saturated carbocycles. The molecule has 0 radical (unpaired) electrons. The molecular weight excluding hydrogens is 430 g/mol. The molecule has 0 unspecified atom stereocenters. The Morgan fingerprint density at radius 2 is 1.85 bits per heavy atom. The van der Waals surface area contributed by atoms with Gasteiger partial charge in [-0.2, -0.15) is 5.10 Å². The van der Waals surface area contributed by atoms with Gasteiger partial charge >= 0.3 is 0 Å². The summed E-state index contributed by atoms with van der Waals surface area (Å²) in [6.07, 6.45) is 6.86. The van der Waals surface area contributed by atoms with Crippen LogP contribution in [0.25, 0.3) is 22.3 Å². The third-order valence-electron chi connectivity index (χ3n) is 6.14. The third-order valence-corrected chi connectivity index (χ3v) is 6.14. The first-order valence-electron chi connectivity index (χ1n) is 11.7. The van der Waals surface area contributed by atoms with E-state index in [0.717, 1.165) is 37.3 Å². The Kier molecular flexibility index (Phi) is 6.38. The maximum Gasteiger partial charge on any atom is 0.252 e. The molecule has 0 spiro atoms. The fraction of sp³-hybridized carbons (Fsp3) is 0.308. The molecule has 1 aliphatic rings. The van der Waals surface area contributed by atoms with Gasteiger partial charge in [-0.15, -0.1) is 0 Å². The first kappa shape index (κ1) is 21.9. The van der Waals surface area contributed by atoms with E-state index in [1.165, 1.54) is 6.42 Å². The number of fused-ring (bicyclic) bond motifs is 1. The van der Waals surface area contributed by atoms with Crippen molar-refractivity contribution in [3.05, 3.63) is 72.3 Å². The molecule has 4 heterocycles. The van der Waals surface area contributed by atoms with Gasteiger partial charge in [-0.1, -0.05) is 30.3 Å². The number of pyridine rings is 1. The van der Waals surface area contributed by atoms with Crippen molar-refractivity contribution in [1.29, 1.82) is 0 Å². The molecule has 8 nitrogen and oxygen atoms in total. The van der Waals surface area contributed by atoms with Crippen molar-refractivity contribution in [1.82, 2.24) is 25.0 Å². The zero-order valence-corrected chi connectivity index (χ0v) is 18.9. The Hall–Kier alpha value is -3.94. The van der Waals surface area contributed by atoms with Crippen LogP contribution in [-0.2, 0) is 11.3 Å². The summed E-state index contributed by atoms with van der Waals surface area (Å²) in [5.74, 6) is 0.601. The quantitative estimate of drug-likeness (QED) is 0.455. The number of hydrogen-bond donors (Lipinski definition) is 1. The maximum atomic E-state index is 13.2. The molecule has 2 amide bonds. The van der Waals surface area contributed by atoms with Crippen LogP contribution in [0.4, 0.5) is 0 Å². The molecule has 5 rings (SSSR count). The molecule has 8 heteroatoms. The van der Waals surface area contributed by atoms with E-state index in [1.807, 2.05) is 47.4 Å². The second-order valence-electron chi connectivity index (χ2n) is 8.49. The van der Waals surface area contributed by atoms with E-state index in [-0.39, 0.29) is 11.8 Å². The number of rotatable bonds is 7. The van der Waals surface area contributed by atoms with Crippen molar-refractivity contribution in [2.75, 3.05) is 19.6 Å². The normalized spacial score (nSPS) is 13.8. The average Bonchev–Trinajstić information content (AvgIpc) is 3.55. The average molecular weight is 458 g/mol. The van der Waals surface area contributed by atoms with E-state index < -0.39 is 0 Å². The molecular formula is C26H27N5O3. The molecule has 34 heavy (non-hydrogen) atoms. The highest BCUT2D eigenvalue weighted by Crippen LogP contribution is 2.25. The fourth-order valence-corrected chi connectivity index (χ4v) is 4.34. The third kappa shape index (κ3) is 4.71. The number of aromatic nitrogens is 3. The standard InChI is InChI=1S/C26H27N5O3/c32-24(30-13-5-2-6-14-30)11-12-27-26(33)21-16-23(19-8-3-1-4-9-19)29-25-22(21)17-28-31(25)18-20-10-7-15-34-20/h1,3-4,7-10,15-17H,2,5-6,11-14,18H2,(H,27,33). The second kappa shape index (κ2) is 9.91. The molecule has 1 aromatic carbocycles. The molecule has 0 atom stereocenters. The molecule has 0 aliphatic carbocycles. The van der Waals surface area contributed by atoms with Crippen LogP contribution in [0.3, 0.4) is 0 Å². The van der Waals surface area contributed by atoms with E-state index in [4.69, 9.17) is 9.40 Å². The van der Waals surface area contributed by atoms with Crippen molar-refractivity contribution >= 4 is 22.8 Å². The summed E-state index contributed by atoms with van der Waals surface area (Å²) in [7, 11) is 0. The van der Waals surface area contributed by atoms with Gasteiger partial charge in [0.1, 0.15) is 12.3 Å². The van der Waals surface area contributed by atoms with Crippen molar-refractivity contribution < 1.29 is 14.0 Å². The molecule has 4 aromatic rings. The number of furan rings is 1. The summed E-state index contributed by atoms with van der Waals surface area (Å²) >= 11 is 0. The molecule has 0 bridgehead atoms. The van der Waals surface area contributed by atoms with Gasteiger partial charge in [0.05, 0.1) is 29.1 Å². The molecule has 1 N–H and O–H groups in total. The lowest BCUT2D eigenvalue weighted by Gasteiger charge is -2.26. The van der Waals surface area contributed by atoms with Crippen LogP contribution in [0, 0.1) is 0 Å². The number of likely N-dealkylation sites (tertiary alicyclic amines) is 1. The van der Waals surface area contributed by atoms with Gasteiger partial charge in [0.2, 0.25) is 5.91 Å². The Morgan fingerprint density at radius 3 is 2.62 bits per heavy atom. The highest BCUT2D eigenvalue weighted by Gasteiger charge is 2.20. The lowest BCUT2D eigenvalue weighted by Crippen LogP contribution is -2.37. The molecule has 1 saturated heterocycles. The highest BCUT2D eigenvalue weighted by molar-refractivity contribution is 6.06. The minimum atomic E-state index is -0.242. The van der Waals surface area contributed by atoms with Crippen molar-refractivity contribution in [3.8, 4) is 11.3 Å². The van der Waals surface area contributed by atoms with E-state index >= 15 is 0 Å². The van der Waals surface area contributed by atoms with Crippen LogP contribution >= 0.6 is 0 Å².